The van der Waals surface area contributed by atoms with Crippen LogP contribution in [0.2, 0.25) is 0 Å². The molecule has 1 aliphatic rings. The van der Waals surface area contributed by atoms with Gasteiger partial charge in [0, 0.05) is 16.2 Å². The first-order valence-electron chi connectivity index (χ1n) is 6.72. The van der Waals surface area contributed by atoms with Gasteiger partial charge in [0.25, 0.3) is 0 Å². The highest BCUT2D eigenvalue weighted by atomic mass is 127. The molecule has 1 saturated carbocycles. The van der Waals surface area contributed by atoms with Gasteiger partial charge in [0.05, 0.1) is 0 Å². The van der Waals surface area contributed by atoms with Gasteiger partial charge in [-0.15, -0.1) is 0 Å². The molecule has 0 aromatic heterocycles. The Hall–Kier alpha value is -0.0900. The van der Waals surface area contributed by atoms with Crippen molar-refractivity contribution in [3.05, 3.63) is 33.4 Å². The highest BCUT2D eigenvalue weighted by Gasteiger charge is 2.15. The number of rotatable bonds is 3. The quantitative estimate of drug-likeness (QED) is 0.636. The molecule has 1 nitrogen and oxygen atoms in total. The Morgan fingerprint density at radius 2 is 1.88 bits per heavy atom. The second-order valence-corrected chi connectivity index (χ2v) is 6.56. The van der Waals surface area contributed by atoms with E-state index in [0.717, 1.165) is 18.5 Å². The SMILES string of the molecule is CC1CCCC(NCc2ccc(I)cc2)CC1. The Labute approximate surface area is 119 Å². The summed E-state index contributed by atoms with van der Waals surface area (Å²) >= 11 is 2.36. The average molecular weight is 343 g/mol. The van der Waals surface area contributed by atoms with E-state index < -0.39 is 0 Å². The van der Waals surface area contributed by atoms with Crippen LogP contribution in [0.1, 0.15) is 44.6 Å². The summed E-state index contributed by atoms with van der Waals surface area (Å²) in [4.78, 5) is 0. The van der Waals surface area contributed by atoms with Crippen molar-refractivity contribution in [3.8, 4) is 0 Å². The molecule has 0 saturated heterocycles. The van der Waals surface area contributed by atoms with E-state index in [4.69, 9.17) is 0 Å². The third-order valence-corrected chi connectivity index (χ3v) is 4.48. The van der Waals surface area contributed by atoms with Crippen LogP contribution in [-0.2, 0) is 6.54 Å². The van der Waals surface area contributed by atoms with Crippen LogP contribution >= 0.6 is 22.6 Å². The van der Waals surface area contributed by atoms with Crippen LogP contribution in [0.3, 0.4) is 0 Å². The number of benzene rings is 1. The van der Waals surface area contributed by atoms with Gasteiger partial charge in [-0.1, -0.05) is 31.9 Å². The van der Waals surface area contributed by atoms with Gasteiger partial charge in [-0.2, -0.15) is 0 Å². The molecular weight excluding hydrogens is 321 g/mol. The van der Waals surface area contributed by atoms with Gasteiger partial charge in [0.15, 0.2) is 0 Å². The fourth-order valence-corrected chi connectivity index (χ4v) is 2.92. The molecule has 1 aliphatic carbocycles. The Balaban J connectivity index is 1.79. The number of nitrogens with one attached hydrogen (secondary N) is 1. The molecule has 2 atom stereocenters. The Morgan fingerprint density at radius 3 is 2.65 bits per heavy atom. The van der Waals surface area contributed by atoms with E-state index in [9.17, 15) is 0 Å². The zero-order chi connectivity index (χ0) is 12.1. The molecule has 0 heterocycles. The van der Waals surface area contributed by atoms with Crippen molar-refractivity contribution in [3.63, 3.8) is 0 Å². The third-order valence-electron chi connectivity index (χ3n) is 3.77. The van der Waals surface area contributed by atoms with E-state index >= 15 is 0 Å². The zero-order valence-electron chi connectivity index (χ0n) is 10.6. The normalized spacial score (nSPS) is 25.5. The second-order valence-electron chi connectivity index (χ2n) is 5.32. The highest BCUT2D eigenvalue weighted by molar-refractivity contribution is 14.1. The topological polar surface area (TPSA) is 12.0 Å². The minimum absolute atomic E-state index is 0.735. The summed E-state index contributed by atoms with van der Waals surface area (Å²) in [6, 6.07) is 9.57. The van der Waals surface area contributed by atoms with Crippen LogP contribution < -0.4 is 5.32 Å². The molecule has 1 aromatic rings. The van der Waals surface area contributed by atoms with Crippen LogP contribution in [0.25, 0.3) is 0 Å². The molecule has 17 heavy (non-hydrogen) atoms. The molecule has 2 heteroatoms. The fourth-order valence-electron chi connectivity index (χ4n) is 2.56. The van der Waals surface area contributed by atoms with Gasteiger partial charge < -0.3 is 5.32 Å². The van der Waals surface area contributed by atoms with Gasteiger partial charge >= 0.3 is 0 Å². The standard InChI is InChI=1S/C15H22IN/c1-12-3-2-4-15(10-5-12)17-11-13-6-8-14(16)9-7-13/h6-9,12,15,17H,2-5,10-11H2,1H3. The van der Waals surface area contributed by atoms with E-state index in [-0.39, 0.29) is 0 Å². The lowest BCUT2D eigenvalue weighted by atomic mass is 10.0. The fraction of sp³-hybridized carbons (Fsp3) is 0.600. The molecule has 0 spiro atoms. The maximum atomic E-state index is 3.72. The van der Waals surface area contributed by atoms with Crippen LogP contribution in [0.5, 0.6) is 0 Å². The summed E-state index contributed by atoms with van der Waals surface area (Å²) in [5.74, 6) is 0.931. The van der Waals surface area contributed by atoms with Crippen molar-refractivity contribution < 1.29 is 0 Å². The minimum Gasteiger partial charge on any atom is -0.310 e. The molecule has 1 N–H and O–H groups in total. The van der Waals surface area contributed by atoms with Gasteiger partial charge in [-0.25, -0.2) is 0 Å². The van der Waals surface area contributed by atoms with E-state index in [1.54, 1.807) is 0 Å². The lowest BCUT2D eigenvalue weighted by Crippen LogP contribution is -2.27. The Kier molecular flexibility index (Phi) is 5.29. The van der Waals surface area contributed by atoms with Gasteiger partial charge in [0.1, 0.15) is 0 Å². The molecular formula is C15H22IN. The molecule has 0 radical (unpaired) electrons. The lowest BCUT2D eigenvalue weighted by molar-refractivity contribution is 0.447. The maximum Gasteiger partial charge on any atom is 0.0208 e. The summed E-state index contributed by atoms with van der Waals surface area (Å²) in [6.45, 7) is 3.41. The number of halogens is 1. The van der Waals surface area contributed by atoms with E-state index in [1.807, 2.05) is 0 Å². The molecule has 0 aliphatic heterocycles. The Morgan fingerprint density at radius 1 is 1.12 bits per heavy atom. The monoisotopic (exact) mass is 343 g/mol. The van der Waals surface area contributed by atoms with Crippen molar-refractivity contribution in [1.82, 2.24) is 5.32 Å². The van der Waals surface area contributed by atoms with Crippen LogP contribution in [0.4, 0.5) is 0 Å². The molecule has 1 fully saturated rings. The van der Waals surface area contributed by atoms with E-state index in [0.29, 0.717) is 0 Å². The van der Waals surface area contributed by atoms with Crippen LogP contribution in [0.15, 0.2) is 24.3 Å². The maximum absolute atomic E-state index is 3.72. The van der Waals surface area contributed by atoms with Gasteiger partial charge in [-0.05, 0) is 65.5 Å². The third kappa shape index (κ3) is 4.59. The molecule has 94 valence electrons. The molecule has 1 aromatic carbocycles. The predicted molar refractivity (Wildman–Crippen MR) is 82.0 cm³/mol. The number of hydrogen-bond donors (Lipinski definition) is 1. The lowest BCUT2D eigenvalue weighted by Gasteiger charge is -2.16. The van der Waals surface area contributed by atoms with E-state index in [2.05, 4.69) is 59.1 Å². The first kappa shape index (κ1) is 13.3. The molecule has 2 rings (SSSR count). The van der Waals surface area contributed by atoms with Crippen molar-refractivity contribution in [2.45, 2.75) is 51.6 Å². The summed E-state index contributed by atoms with van der Waals surface area (Å²) in [5, 5.41) is 3.72. The summed E-state index contributed by atoms with van der Waals surface area (Å²) in [5.41, 5.74) is 1.41. The first-order valence-corrected chi connectivity index (χ1v) is 7.80. The largest absolute Gasteiger partial charge is 0.310 e. The predicted octanol–water partition coefficient (Wildman–Crippen LogP) is 4.35. The van der Waals surface area contributed by atoms with Crippen LogP contribution in [-0.4, -0.2) is 6.04 Å². The highest BCUT2D eigenvalue weighted by Crippen LogP contribution is 2.22. The van der Waals surface area contributed by atoms with Crippen molar-refractivity contribution in [1.29, 1.82) is 0 Å². The second kappa shape index (κ2) is 6.74. The average Bonchev–Trinajstić information content (AvgIpc) is 2.54. The summed E-state index contributed by atoms with van der Waals surface area (Å²) in [6.07, 6.45) is 6.91. The summed E-state index contributed by atoms with van der Waals surface area (Å²) < 4.78 is 1.31. The first-order chi connectivity index (χ1) is 8.24. The van der Waals surface area contributed by atoms with Crippen molar-refractivity contribution >= 4 is 22.6 Å². The molecule has 0 bridgehead atoms. The van der Waals surface area contributed by atoms with Crippen LogP contribution in [0, 0.1) is 9.49 Å². The summed E-state index contributed by atoms with van der Waals surface area (Å²) in [7, 11) is 0. The smallest absolute Gasteiger partial charge is 0.0208 e. The molecule has 2 unspecified atom stereocenters. The molecule has 0 amide bonds. The van der Waals surface area contributed by atoms with E-state index in [1.165, 1.54) is 41.2 Å². The van der Waals surface area contributed by atoms with Gasteiger partial charge in [0.2, 0.25) is 0 Å². The number of hydrogen-bond acceptors (Lipinski definition) is 1. The Bertz CT molecular complexity index is 333. The van der Waals surface area contributed by atoms with Gasteiger partial charge in [-0.3, -0.25) is 0 Å². The van der Waals surface area contributed by atoms with Crippen molar-refractivity contribution in [2.75, 3.05) is 0 Å². The zero-order valence-corrected chi connectivity index (χ0v) is 12.7. The van der Waals surface area contributed by atoms with Crippen molar-refractivity contribution in [2.24, 2.45) is 5.92 Å². The minimum atomic E-state index is 0.735.